The lowest BCUT2D eigenvalue weighted by atomic mass is 10.1. The van der Waals surface area contributed by atoms with E-state index in [2.05, 4.69) is 15.6 Å². The molecule has 0 radical (unpaired) electrons. The van der Waals surface area contributed by atoms with Crippen molar-refractivity contribution in [3.63, 3.8) is 0 Å². The minimum atomic E-state index is -0.486. The number of amides is 2. The lowest BCUT2D eigenvalue weighted by Gasteiger charge is -2.02. The molecule has 10 heteroatoms. The Morgan fingerprint density at radius 3 is 2.52 bits per heavy atom. The second kappa shape index (κ2) is 10.1. The third-order valence-corrected chi connectivity index (χ3v) is 6.58. The van der Waals surface area contributed by atoms with Crippen molar-refractivity contribution in [3.8, 4) is 11.3 Å². The minimum Gasteiger partial charge on any atom is -0.462 e. The van der Waals surface area contributed by atoms with Crippen molar-refractivity contribution in [2.24, 2.45) is 0 Å². The summed E-state index contributed by atoms with van der Waals surface area (Å²) in [6, 6.07) is 16.0. The van der Waals surface area contributed by atoms with Crippen LogP contribution in [0.3, 0.4) is 0 Å². The SMILES string of the molecule is CCOC(=O)c1sc(NC(=O)c2ccc(/C=C3\SC(=S)NC3=O)cc2)nc1-c1ccccc1. The topological polar surface area (TPSA) is 97.4 Å². The summed E-state index contributed by atoms with van der Waals surface area (Å²) in [6.07, 6.45) is 1.71. The normalized spacial score (nSPS) is 14.3. The van der Waals surface area contributed by atoms with Gasteiger partial charge in [0.15, 0.2) is 5.13 Å². The highest BCUT2D eigenvalue weighted by molar-refractivity contribution is 8.26. The quantitative estimate of drug-likeness (QED) is 0.290. The molecule has 1 aliphatic rings. The molecule has 2 amide bonds. The smallest absolute Gasteiger partial charge is 0.350 e. The second-order valence-electron chi connectivity index (χ2n) is 6.71. The monoisotopic (exact) mass is 495 g/mol. The summed E-state index contributed by atoms with van der Waals surface area (Å²) < 4.78 is 5.57. The highest BCUT2D eigenvalue weighted by Crippen LogP contribution is 2.32. The van der Waals surface area contributed by atoms with Gasteiger partial charge in [0.2, 0.25) is 0 Å². The van der Waals surface area contributed by atoms with E-state index in [1.165, 1.54) is 11.8 Å². The molecule has 1 fully saturated rings. The van der Waals surface area contributed by atoms with Crippen LogP contribution in [0, 0.1) is 0 Å². The number of nitrogens with zero attached hydrogens (tertiary/aromatic N) is 1. The molecule has 2 N–H and O–H groups in total. The molecule has 7 nitrogen and oxygen atoms in total. The molecule has 0 atom stereocenters. The number of thioether (sulfide) groups is 1. The second-order valence-corrected chi connectivity index (χ2v) is 9.43. The Morgan fingerprint density at radius 2 is 1.88 bits per heavy atom. The van der Waals surface area contributed by atoms with Gasteiger partial charge in [-0.25, -0.2) is 9.78 Å². The third kappa shape index (κ3) is 5.36. The summed E-state index contributed by atoms with van der Waals surface area (Å²) in [5.41, 5.74) is 2.38. The van der Waals surface area contributed by atoms with Crippen molar-refractivity contribution in [2.75, 3.05) is 11.9 Å². The number of rotatable bonds is 6. The molecule has 2 aromatic carbocycles. The summed E-state index contributed by atoms with van der Waals surface area (Å²) in [5.74, 6) is -1.09. The van der Waals surface area contributed by atoms with Crippen LogP contribution >= 0.6 is 35.3 Å². The van der Waals surface area contributed by atoms with E-state index < -0.39 is 5.97 Å². The molecule has 0 saturated carbocycles. The number of nitrogens with one attached hydrogen (secondary N) is 2. The number of hydrogen-bond acceptors (Lipinski definition) is 8. The van der Waals surface area contributed by atoms with Gasteiger partial charge in [-0.05, 0) is 30.7 Å². The average molecular weight is 496 g/mol. The molecular formula is C23H17N3O4S3. The minimum absolute atomic E-state index is 0.234. The number of aromatic nitrogens is 1. The number of thiazole rings is 1. The molecular weight excluding hydrogens is 478 g/mol. The first kappa shape index (κ1) is 22.8. The molecule has 0 unspecified atom stereocenters. The number of hydrogen-bond donors (Lipinski definition) is 2. The molecule has 0 bridgehead atoms. The van der Waals surface area contributed by atoms with E-state index in [0.29, 0.717) is 30.5 Å². The Labute approximate surface area is 203 Å². The van der Waals surface area contributed by atoms with Gasteiger partial charge in [-0.1, -0.05) is 77.8 Å². The van der Waals surface area contributed by atoms with E-state index in [4.69, 9.17) is 17.0 Å². The highest BCUT2D eigenvalue weighted by Gasteiger charge is 2.23. The molecule has 4 rings (SSSR count). The summed E-state index contributed by atoms with van der Waals surface area (Å²) in [6.45, 7) is 1.97. The predicted octanol–water partition coefficient (Wildman–Crippen LogP) is 4.73. The van der Waals surface area contributed by atoms with Gasteiger partial charge in [-0.15, -0.1) is 0 Å². The third-order valence-electron chi connectivity index (χ3n) is 4.47. The van der Waals surface area contributed by atoms with Crippen LogP contribution in [0.2, 0.25) is 0 Å². The van der Waals surface area contributed by atoms with E-state index in [0.717, 1.165) is 22.5 Å². The predicted molar refractivity (Wildman–Crippen MR) is 134 cm³/mol. The van der Waals surface area contributed by atoms with Gasteiger partial charge in [0.1, 0.15) is 9.20 Å². The van der Waals surface area contributed by atoms with E-state index in [9.17, 15) is 14.4 Å². The Kier molecular flexibility index (Phi) is 6.97. The van der Waals surface area contributed by atoms with Crippen LogP contribution in [-0.2, 0) is 9.53 Å². The lowest BCUT2D eigenvalue weighted by Crippen LogP contribution is -2.17. The molecule has 1 saturated heterocycles. The average Bonchev–Trinajstić information content (AvgIpc) is 3.37. The standard InChI is InChI=1S/C23H17N3O4S3/c1-2-30-21(29)18-17(14-6-4-3-5-7-14)24-22(33-18)25-19(27)15-10-8-13(9-11-15)12-16-20(28)26-23(31)32-16/h3-12H,2H2,1H3,(H,24,25,27)(H,26,28,31)/b16-12-. The van der Waals surface area contributed by atoms with Crippen LogP contribution in [0.25, 0.3) is 17.3 Å². The van der Waals surface area contributed by atoms with Crippen LogP contribution in [0.4, 0.5) is 5.13 Å². The maximum absolute atomic E-state index is 12.8. The van der Waals surface area contributed by atoms with Gasteiger partial charge in [0.25, 0.3) is 11.8 Å². The Morgan fingerprint density at radius 1 is 1.15 bits per heavy atom. The fourth-order valence-electron chi connectivity index (χ4n) is 2.97. The summed E-state index contributed by atoms with van der Waals surface area (Å²) >= 11 is 7.24. The molecule has 0 aliphatic carbocycles. The van der Waals surface area contributed by atoms with Crippen molar-refractivity contribution in [2.45, 2.75) is 6.92 Å². The van der Waals surface area contributed by atoms with Gasteiger partial charge < -0.3 is 10.1 Å². The van der Waals surface area contributed by atoms with Crippen LogP contribution in [-0.4, -0.2) is 33.7 Å². The number of ether oxygens (including phenoxy) is 1. The largest absolute Gasteiger partial charge is 0.462 e. The zero-order valence-corrected chi connectivity index (χ0v) is 19.7. The number of esters is 1. The van der Waals surface area contributed by atoms with Crippen molar-refractivity contribution >= 4 is 68.6 Å². The molecule has 166 valence electrons. The van der Waals surface area contributed by atoms with Crippen LogP contribution in [0.1, 0.15) is 32.5 Å². The molecule has 1 aromatic heterocycles. The maximum Gasteiger partial charge on any atom is 0.350 e. The van der Waals surface area contributed by atoms with Crippen molar-refractivity contribution in [1.29, 1.82) is 0 Å². The first-order valence-corrected chi connectivity index (χ1v) is 11.9. The lowest BCUT2D eigenvalue weighted by molar-refractivity contribution is -0.115. The Balaban J connectivity index is 1.53. The first-order valence-electron chi connectivity index (χ1n) is 9.84. The highest BCUT2D eigenvalue weighted by atomic mass is 32.2. The van der Waals surface area contributed by atoms with Crippen LogP contribution < -0.4 is 10.6 Å². The van der Waals surface area contributed by atoms with Crippen LogP contribution in [0.15, 0.2) is 59.5 Å². The number of anilines is 1. The van der Waals surface area contributed by atoms with Crippen molar-refractivity contribution < 1.29 is 19.1 Å². The van der Waals surface area contributed by atoms with E-state index in [1.54, 1.807) is 37.3 Å². The van der Waals surface area contributed by atoms with Crippen molar-refractivity contribution in [1.82, 2.24) is 10.3 Å². The molecule has 33 heavy (non-hydrogen) atoms. The van der Waals surface area contributed by atoms with Crippen molar-refractivity contribution in [3.05, 3.63) is 75.5 Å². The summed E-state index contributed by atoms with van der Waals surface area (Å²) in [5, 5.41) is 5.61. The molecule has 0 spiro atoms. The number of benzene rings is 2. The van der Waals surface area contributed by atoms with E-state index >= 15 is 0 Å². The fourth-order valence-corrected chi connectivity index (χ4v) is 4.89. The first-order chi connectivity index (χ1) is 15.9. The van der Waals surface area contributed by atoms with Gasteiger partial charge >= 0.3 is 5.97 Å². The zero-order chi connectivity index (χ0) is 23.4. The van der Waals surface area contributed by atoms with Gasteiger partial charge in [-0.3, -0.25) is 14.9 Å². The molecule has 2 heterocycles. The zero-order valence-electron chi connectivity index (χ0n) is 17.3. The van der Waals surface area contributed by atoms with Gasteiger partial charge in [0, 0.05) is 11.1 Å². The molecule has 3 aromatic rings. The Hall–Kier alpha value is -3.34. The number of carbonyl (C=O) groups is 3. The Bertz CT molecular complexity index is 1270. The van der Waals surface area contributed by atoms with Gasteiger partial charge in [0.05, 0.1) is 17.2 Å². The number of thiocarbonyl (C=S) groups is 1. The van der Waals surface area contributed by atoms with Crippen LogP contribution in [0.5, 0.6) is 0 Å². The van der Waals surface area contributed by atoms with Gasteiger partial charge in [-0.2, -0.15) is 0 Å². The van der Waals surface area contributed by atoms with E-state index in [-0.39, 0.29) is 18.4 Å². The fraction of sp³-hybridized carbons (Fsp3) is 0.0870. The summed E-state index contributed by atoms with van der Waals surface area (Å²) in [7, 11) is 0. The molecule has 1 aliphatic heterocycles. The maximum atomic E-state index is 12.8. The van der Waals surface area contributed by atoms with E-state index in [1.807, 2.05) is 30.3 Å². The number of carbonyl (C=O) groups excluding carboxylic acids is 3. The summed E-state index contributed by atoms with van der Waals surface area (Å²) in [4.78, 5) is 42.3.